The molecule has 5 heterocycles. The molecule has 4 aromatic rings. The first kappa shape index (κ1) is 20.8. The fourth-order valence-corrected chi connectivity index (χ4v) is 5.46. The van der Waals surface area contributed by atoms with Crippen LogP contribution in [0.4, 0.5) is 0 Å². The van der Waals surface area contributed by atoms with Crippen LogP contribution in [-0.4, -0.2) is 51.6 Å². The summed E-state index contributed by atoms with van der Waals surface area (Å²) >= 11 is 0. The number of aromatic nitrogens is 7. The van der Waals surface area contributed by atoms with Gasteiger partial charge in [-0.3, -0.25) is 5.10 Å². The van der Waals surface area contributed by atoms with Crippen LogP contribution in [0.1, 0.15) is 45.6 Å². The number of nitrogens with zero attached hydrogens (tertiary/aromatic N) is 6. The van der Waals surface area contributed by atoms with Crippen LogP contribution in [0.3, 0.4) is 0 Å². The lowest BCUT2D eigenvalue weighted by Gasteiger charge is -2.41. The highest BCUT2D eigenvalue weighted by Gasteiger charge is 2.49. The highest BCUT2D eigenvalue weighted by atomic mass is 35.5. The Kier molecular flexibility index (Phi) is 4.72. The van der Waals surface area contributed by atoms with Crippen molar-refractivity contribution in [2.45, 2.75) is 56.7 Å². The topological polar surface area (TPSA) is 117 Å². The molecule has 2 aliphatic heterocycles. The number of benzene rings is 1. The first-order valence-corrected chi connectivity index (χ1v) is 10.6. The van der Waals surface area contributed by atoms with E-state index >= 15 is 0 Å². The highest BCUT2D eigenvalue weighted by Crippen LogP contribution is 2.46. The molecule has 2 fully saturated rings. The quantitative estimate of drug-likeness (QED) is 0.434. The highest BCUT2D eigenvalue weighted by molar-refractivity contribution is 5.85. The molecule has 32 heavy (non-hydrogen) atoms. The second kappa shape index (κ2) is 7.25. The van der Waals surface area contributed by atoms with Crippen LogP contribution in [-0.2, 0) is 0 Å². The summed E-state index contributed by atoms with van der Waals surface area (Å²) in [6.07, 6.45) is 7.85. The van der Waals surface area contributed by atoms with Gasteiger partial charge in [0.05, 0.1) is 17.9 Å². The van der Waals surface area contributed by atoms with Crippen LogP contribution < -0.4 is 5.32 Å². The van der Waals surface area contributed by atoms with E-state index in [4.69, 9.17) is 0 Å². The Hall–Kier alpha value is -3.04. The molecule has 2 bridgehead atoms. The zero-order chi connectivity index (χ0) is 21.2. The monoisotopic (exact) mass is 452 g/mol. The minimum Gasteiger partial charge on any atom is -0.507 e. The number of fused-ring (bicyclic) bond motifs is 3. The molecule has 2 saturated heterocycles. The Morgan fingerprint density at radius 1 is 1.03 bits per heavy atom. The second-order valence-electron chi connectivity index (χ2n) is 9.50. The van der Waals surface area contributed by atoms with Crippen molar-refractivity contribution in [2.75, 3.05) is 0 Å². The van der Waals surface area contributed by atoms with Gasteiger partial charge in [0.15, 0.2) is 0 Å². The number of nitrogens with one attached hydrogen (secondary N) is 2. The summed E-state index contributed by atoms with van der Waals surface area (Å²) in [5.74, 6) is 0.135. The van der Waals surface area contributed by atoms with Crippen molar-refractivity contribution >= 4 is 23.6 Å². The van der Waals surface area contributed by atoms with E-state index < -0.39 is 0 Å². The van der Waals surface area contributed by atoms with E-state index in [-0.39, 0.29) is 35.3 Å². The van der Waals surface area contributed by atoms with Crippen molar-refractivity contribution in [1.82, 2.24) is 40.7 Å². The van der Waals surface area contributed by atoms with Crippen molar-refractivity contribution in [3.63, 3.8) is 0 Å². The number of piperidine rings is 1. The summed E-state index contributed by atoms with van der Waals surface area (Å²) in [6, 6.07) is 7.55. The van der Waals surface area contributed by atoms with E-state index in [1.54, 1.807) is 18.5 Å². The Bertz CT molecular complexity index is 1270. The summed E-state index contributed by atoms with van der Waals surface area (Å²) in [4.78, 5) is 0. The van der Waals surface area contributed by atoms with Gasteiger partial charge in [0.25, 0.3) is 0 Å². The van der Waals surface area contributed by atoms with E-state index in [0.717, 1.165) is 24.0 Å². The lowest BCUT2D eigenvalue weighted by Crippen LogP contribution is -2.53. The van der Waals surface area contributed by atoms with Crippen LogP contribution in [0, 0.1) is 0 Å². The predicted octanol–water partition coefficient (Wildman–Crippen LogP) is 3.64. The smallest absolute Gasteiger partial charge is 0.201 e. The van der Waals surface area contributed by atoms with Crippen LogP contribution in [0.2, 0.25) is 0 Å². The fourth-order valence-electron chi connectivity index (χ4n) is 5.46. The molecule has 0 saturated carbocycles. The van der Waals surface area contributed by atoms with Gasteiger partial charge in [0, 0.05) is 28.4 Å². The molecule has 10 heteroatoms. The van der Waals surface area contributed by atoms with Crippen molar-refractivity contribution in [1.29, 1.82) is 0 Å². The van der Waals surface area contributed by atoms with Crippen molar-refractivity contribution in [3.05, 3.63) is 36.7 Å². The minimum atomic E-state index is 0. The third kappa shape index (κ3) is 3.32. The number of halogens is 1. The zero-order valence-electron chi connectivity index (χ0n) is 17.9. The third-order valence-corrected chi connectivity index (χ3v) is 6.88. The summed E-state index contributed by atoms with van der Waals surface area (Å²) in [5.41, 5.74) is 4.59. The lowest BCUT2D eigenvalue weighted by molar-refractivity contribution is 0.167. The van der Waals surface area contributed by atoms with E-state index in [9.17, 15) is 5.11 Å². The molecule has 6 rings (SSSR count). The number of hydrogen-bond donors (Lipinski definition) is 3. The van der Waals surface area contributed by atoms with Crippen molar-refractivity contribution in [3.8, 4) is 28.1 Å². The molecule has 3 atom stereocenters. The molecule has 1 unspecified atom stereocenters. The van der Waals surface area contributed by atoms with Gasteiger partial charge >= 0.3 is 0 Å². The molecule has 3 N–H and O–H groups in total. The van der Waals surface area contributed by atoms with Crippen LogP contribution in [0.5, 0.6) is 5.75 Å². The maximum atomic E-state index is 10.6. The van der Waals surface area contributed by atoms with Crippen molar-refractivity contribution < 1.29 is 5.11 Å². The Morgan fingerprint density at radius 3 is 2.50 bits per heavy atom. The van der Waals surface area contributed by atoms with Gasteiger partial charge in [-0.1, -0.05) is 11.3 Å². The SMILES string of the molecule is C[C@]12CC[C@](C)(CC(n3nnc4cc(-c5ccc(-c6cn[nH]c6)cc5O)nnc43)C1)N2.Cl. The maximum Gasteiger partial charge on any atom is 0.201 e. The summed E-state index contributed by atoms with van der Waals surface area (Å²) < 4.78 is 1.94. The number of aromatic hydroxyl groups is 1. The number of hydrogen-bond acceptors (Lipinski definition) is 7. The van der Waals surface area contributed by atoms with Gasteiger partial charge in [-0.05, 0) is 63.3 Å². The fraction of sp³-hybridized carbons (Fsp3) is 0.409. The van der Waals surface area contributed by atoms with E-state index in [2.05, 4.69) is 49.9 Å². The third-order valence-electron chi connectivity index (χ3n) is 6.88. The maximum absolute atomic E-state index is 10.6. The molecule has 0 spiro atoms. The number of aromatic amines is 1. The van der Waals surface area contributed by atoms with Gasteiger partial charge in [-0.2, -0.15) is 5.10 Å². The number of phenolic OH excluding ortho intramolecular Hbond substituents is 1. The van der Waals surface area contributed by atoms with Gasteiger partial charge in [-0.15, -0.1) is 27.7 Å². The summed E-state index contributed by atoms with van der Waals surface area (Å²) in [7, 11) is 0. The van der Waals surface area contributed by atoms with Crippen LogP contribution in [0.25, 0.3) is 33.5 Å². The van der Waals surface area contributed by atoms with Crippen molar-refractivity contribution in [2.24, 2.45) is 0 Å². The van der Waals surface area contributed by atoms with Gasteiger partial charge in [0.1, 0.15) is 11.3 Å². The Morgan fingerprint density at radius 2 is 1.81 bits per heavy atom. The molecule has 1 aromatic carbocycles. The number of rotatable bonds is 3. The van der Waals surface area contributed by atoms with E-state index in [1.165, 1.54) is 12.8 Å². The largest absolute Gasteiger partial charge is 0.507 e. The van der Waals surface area contributed by atoms with E-state index in [1.807, 2.05) is 22.9 Å². The first-order valence-electron chi connectivity index (χ1n) is 10.6. The average molecular weight is 453 g/mol. The number of H-pyrrole nitrogens is 1. The molecule has 3 aromatic heterocycles. The number of phenols is 1. The molecule has 2 aliphatic rings. The summed E-state index contributed by atoms with van der Waals surface area (Å²) in [5, 5.41) is 38.8. The molecular weight excluding hydrogens is 428 g/mol. The van der Waals surface area contributed by atoms with Gasteiger partial charge in [0.2, 0.25) is 5.65 Å². The Labute approximate surface area is 191 Å². The van der Waals surface area contributed by atoms with Gasteiger partial charge < -0.3 is 10.4 Å². The molecule has 0 radical (unpaired) electrons. The molecule has 9 nitrogen and oxygen atoms in total. The van der Waals surface area contributed by atoms with E-state index in [0.29, 0.717) is 22.4 Å². The normalized spacial score (nSPS) is 26.9. The Balaban J connectivity index is 0.00000216. The first-order chi connectivity index (χ1) is 14.9. The van der Waals surface area contributed by atoms with Crippen LogP contribution in [0.15, 0.2) is 36.7 Å². The average Bonchev–Trinajstić information content (AvgIpc) is 3.45. The molecule has 0 aliphatic carbocycles. The second-order valence-corrected chi connectivity index (χ2v) is 9.50. The zero-order valence-corrected chi connectivity index (χ0v) is 18.7. The lowest BCUT2D eigenvalue weighted by atomic mass is 9.85. The molecule has 166 valence electrons. The van der Waals surface area contributed by atoms with Gasteiger partial charge in [-0.25, -0.2) is 4.68 Å². The summed E-state index contributed by atoms with van der Waals surface area (Å²) in [6.45, 7) is 4.59. The molecular formula is C22H25ClN8O. The van der Waals surface area contributed by atoms with Crippen LogP contribution >= 0.6 is 12.4 Å². The predicted molar refractivity (Wildman–Crippen MR) is 122 cm³/mol. The minimum absolute atomic E-state index is 0. The standard InChI is InChI=1S/C22H24N8O.ClH/c1-21-5-6-22(2,28-21)10-15(9-21)30-20-18(26-29-30)8-17(25-27-20)16-4-3-13(7-19(16)31)14-11-23-24-12-14;/h3-4,7-8,11-12,15,28,31H,5-6,9-10H2,1-2H3,(H,23,24);1H/t15?,21-,22+;. The molecule has 0 amide bonds.